The number of rotatable bonds is 18. The van der Waals surface area contributed by atoms with Gasteiger partial charge in [-0.2, -0.15) is 0 Å². The van der Waals surface area contributed by atoms with E-state index in [0.29, 0.717) is 42.8 Å². The molecular formula is C33H40O8. The van der Waals surface area contributed by atoms with Gasteiger partial charge in [0.05, 0.1) is 45.0 Å². The fourth-order valence-corrected chi connectivity index (χ4v) is 4.73. The summed E-state index contributed by atoms with van der Waals surface area (Å²) in [5.41, 5.74) is 3.41. The van der Waals surface area contributed by atoms with Crippen LogP contribution in [0.5, 0.6) is 5.75 Å². The highest BCUT2D eigenvalue weighted by atomic mass is 16.5. The summed E-state index contributed by atoms with van der Waals surface area (Å²) in [6.07, 6.45) is 8.91. The normalized spacial score (nSPS) is 11.7. The highest BCUT2D eigenvalue weighted by Gasteiger charge is 2.20. The van der Waals surface area contributed by atoms with Crippen molar-refractivity contribution in [2.45, 2.75) is 63.9 Å². The van der Waals surface area contributed by atoms with Crippen LogP contribution in [-0.4, -0.2) is 39.4 Å². The molecule has 0 N–H and O–H groups in total. The second kappa shape index (κ2) is 17.0. The van der Waals surface area contributed by atoms with Crippen LogP contribution in [0.1, 0.15) is 67.7 Å². The Kier molecular flexibility index (Phi) is 13.1. The molecule has 8 nitrogen and oxygen atoms in total. The molecule has 0 aliphatic heterocycles. The first kappa shape index (κ1) is 31.6. The fraction of sp³-hybridized carbons (Fsp3) is 0.424. The summed E-state index contributed by atoms with van der Waals surface area (Å²) in [6.45, 7) is 4.72. The standard InChI is InChI=1S/C33H40O8/c1-4-12-27-29(18-17-26-28(34)19-22-41-33(26)27)39-20-10-6-5-7-13-24-14-8-9-15-25(24)30(23-32(36)38-3)40-21-11-16-31(35)37-2/h4,8-9,14-15,17-19,22,30H,1,5-7,10-13,16,20-21,23H2,2-3H3. The number of aryl methyl sites for hydroxylation is 1. The molecule has 1 aromatic heterocycles. The lowest BCUT2D eigenvalue weighted by atomic mass is 9.95. The molecular weight excluding hydrogens is 524 g/mol. The van der Waals surface area contributed by atoms with Crippen LogP contribution in [0.2, 0.25) is 0 Å². The molecule has 220 valence electrons. The average Bonchev–Trinajstić information content (AvgIpc) is 2.99. The fourth-order valence-electron chi connectivity index (χ4n) is 4.73. The smallest absolute Gasteiger partial charge is 0.308 e. The van der Waals surface area contributed by atoms with Crippen molar-refractivity contribution in [3.05, 3.63) is 88.3 Å². The van der Waals surface area contributed by atoms with Crippen LogP contribution in [-0.2, 0) is 36.6 Å². The Balaban J connectivity index is 1.50. The minimum Gasteiger partial charge on any atom is -0.493 e. The van der Waals surface area contributed by atoms with Gasteiger partial charge in [0.15, 0.2) is 5.43 Å². The summed E-state index contributed by atoms with van der Waals surface area (Å²) in [6, 6.07) is 13.0. The van der Waals surface area contributed by atoms with Crippen LogP contribution < -0.4 is 10.2 Å². The molecule has 3 aromatic rings. The van der Waals surface area contributed by atoms with Gasteiger partial charge in [0.25, 0.3) is 0 Å². The molecule has 0 saturated carbocycles. The lowest BCUT2D eigenvalue weighted by Crippen LogP contribution is -2.15. The summed E-state index contributed by atoms with van der Waals surface area (Å²) in [4.78, 5) is 35.6. The number of ether oxygens (including phenoxy) is 4. The van der Waals surface area contributed by atoms with E-state index >= 15 is 0 Å². The number of benzene rings is 2. The lowest BCUT2D eigenvalue weighted by Gasteiger charge is -2.20. The monoisotopic (exact) mass is 564 g/mol. The highest BCUT2D eigenvalue weighted by molar-refractivity contribution is 5.82. The summed E-state index contributed by atoms with van der Waals surface area (Å²) in [5, 5.41) is 0.539. The first-order valence-electron chi connectivity index (χ1n) is 14.1. The zero-order valence-corrected chi connectivity index (χ0v) is 24.0. The molecule has 3 rings (SSSR count). The average molecular weight is 565 g/mol. The lowest BCUT2D eigenvalue weighted by molar-refractivity contribution is -0.145. The van der Waals surface area contributed by atoms with E-state index in [1.54, 1.807) is 12.1 Å². The molecule has 0 aliphatic rings. The predicted molar refractivity (Wildman–Crippen MR) is 157 cm³/mol. The van der Waals surface area contributed by atoms with Crippen molar-refractivity contribution in [3.63, 3.8) is 0 Å². The molecule has 1 atom stereocenters. The number of methoxy groups -OCH3 is 2. The largest absolute Gasteiger partial charge is 0.493 e. The summed E-state index contributed by atoms with van der Waals surface area (Å²) in [7, 11) is 2.73. The van der Waals surface area contributed by atoms with E-state index < -0.39 is 6.10 Å². The SMILES string of the molecule is C=CCc1c(OCCCCCCc2ccccc2C(CC(=O)OC)OCCCC(=O)OC)ccc2c(=O)ccoc12. The number of hydrogen-bond acceptors (Lipinski definition) is 8. The molecule has 0 aliphatic carbocycles. The summed E-state index contributed by atoms with van der Waals surface area (Å²) >= 11 is 0. The number of hydrogen-bond donors (Lipinski definition) is 0. The van der Waals surface area contributed by atoms with Crippen LogP contribution in [0.25, 0.3) is 11.0 Å². The number of allylic oxidation sites excluding steroid dienone is 1. The number of fused-ring (bicyclic) bond motifs is 1. The molecule has 41 heavy (non-hydrogen) atoms. The molecule has 2 aromatic carbocycles. The maximum Gasteiger partial charge on any atom is 0.308 e. The zero-order valence-electron chi connectivity index (χ0n) is 24.0. The Morgan fingerprint density at radius 3 is 2.49 bits per heavy atom. The molecule has 0 spiro atoms. The minimum absolute atomic E-state index is 0.0774. The molecule has 0 saturated heterocycles. The molecule has 1 heterocycles. The van der Waals surface area contributed by atoms with E-state index in [-0.39, 0.29) is 30.2 Å². The van der Waals surface area contributed by atoms with Crippen LogP contribution in [0, 0.1) is 0 Å². The Hall–Kier alpha value is -3.91. The van der Waals surface area contributed by atoms with Crippen LogP contribution in [0.15, 0.2) is 70.6 Å². The molecule has 8 heteroatoms. The third-order valence-electron chi connectivity index (χ3n) is 6.89. The minimum atomic E-state index is -0.444. The van der Waals surface area contributed by atoms with Gasteiger partial charge in [-0.3, -0.25) is 14.4 Å². The first-order chi connectivity index (χ1) is 20.0. The third kappa shape index (κ3) is 9.60. The van der Waals surface area contributed by atoms with Gasteiger partial charge >= 0.3 is 11.9 Å². The van der Waals surface area contributed by atoms with Crippen molar-refractivity contribution in [3.8, 4) is 5.75 Å². The zero-order chi connectivity index (χ0) is 29.5. The Labute approximate surface area is 241 Å². The van der Waals surface area contributed by atoms with Crippen molar-refractivity contribution >= 4 is 22.9 Å². The third-order valence-corrected chi connectivity index (χ3v) is 6.89. The molecule has 0 bridgehead atoms. The van der Waals surface area contributed by atoms with Crippen molar-refractivity contribution in [2.75, 3.05) is 27.4 Å². The first-order valence-corrected chi connectivity index (χ1v) is 14.1. The van der Waals surface area contributed by atoms with E-state index in [0.717, 1.165) is 48.8 Å². The van der Waals surface area contributed by atoms with E-state index in [1.807, 2.05) is 24.3 Å². The van der Waals surface area contributed by atoms with E-state index in [2.05, 4.69) is 17.4 Å². The van der Waals surface area contributed by atoms with Gasteiger partial charge in [-0.25, -0.2) is 0 Å². The Morgan fingerprint density at radius 1 is 0.927 bits per heavy atom. The molecule has 0 amide bonds. The van der Waals surface area contributed by atoms with Crippen molar-refractivity contribution in [1.29, 1.82) is 0 Å². The van der Waals surface area contributed by atoms with Gasteiger partial charge in [-0.15, -0.1) is 6.58 Å². The van der Waals surface area contributed by atoms with Gasteiger partial charge in [0, 0.05) is 24.7 Å². The topological polar surface area (TPSA) is 101 Å². The van der Waals surface area contributed by atoms with Gasteiger partial charge in [0.2, 0.25) is 0 Å². The number of unbranched alkanes of at least 4 members (excludes halogenated alkanes) is 3. The van der Waals surface area contributed by atoms with Crippen LogP contribution in [0.4, 0.5) is 0 Å². The predicted octanol–water partition coefficient (Wildman–Crippen LogP) is 6.28. The van der Waals surface area contributed by atoms with Crippen molar-refractivity contribution < 1.29 is 33.0 Å². The number of carbonyl (C=O) groups excluding carboxylic acids is 2. The maximum absolute atomic E-state index is 12.2. The van der Waals surface area contributed by atoms with Gasteiger partial charge in [-0.1, -0.05) is 43.2 Å². The summed E-state index contributed by atoms with van der Waals surface area (Å²) < 4.78 is 27.3. The van der Waals surface area contributed by atoms with Crippen LogP contribution >= 0.6 is 0 Å². The molecule has 1 unspecified atom stereocenters. The number of esters is 2. The van der Waals surface area contributed by atoms with Crippen molar-refractivity contribution in [2.24, 2.45) is 0 Å². The van der Waals surface area contributed by atoms with Gasteiger partial charge < -0.3 is 23.4 Å². The quantitative estimate of drug-likeness (QED) is 0.101. The summed E-state index contributed by atoms with van der Waals surface area (Å²) in [5.74, 6) is 0.0817. The molecule has 0 radical (unpaired) electrons. The van der Waals surface area contributed by atoms with Gasteiger partial charge in [0.1, 0.15) is 11.3 Å². The van der Waals surface area contributed by atoms with Crippen molar-refractivity contribution in [1.82, 2.24) is 0 Å². The van der Waals surface area contributed by atoms with Crippen LogP contribution in [0.3, 0.4) is 0 Å². The van der Waals surface area contributed by atoms with E-state index in [1.165, 1.54) is 26.5 Å². The van der Waals surface area contributed by atoms with Gasteiger partial charge in [-0.05, 0) is 55.4 Å². The Morgan fingerprint density at radius 2 is 1.71 bits per heavy atom. The maximum atomic E-state index is 12.2. The van der Waals surface area contributed by atoms with E-state index in [9.17, 15) is 14.4 Å². The molecule has 0 fully saturated rings. The van der Waals surface area contributed by atoms with E-state index in [4.69, 9.17) is 18.6 Å². The second-order valence-corrected chi connectivity index (χ2v) is 9.73. The Bertz CT molecular complexity index is 1340. The highest BCUT2D eigenvalue weighted by Crippen LogP contribution is 2.29. The second-order valence-electron chi connectivity index (χ2n) is 9.73. The number of carbonyl (C=O) groups is 2.